The van der Waals surface area contributed by atoms with Crippen molar-refractivity contribution in [2.24, 2.45) is 0 Å². The number of nitrogens with zero attached hydrogens (tertiary/aromatic N) is 5. The molecule has 3 aromatic heterocycles. The normalized spacial score (nSPS) is 15.1. The zero-order chi connectivity index (χ0) is 21.4. The minimum absolute atomic E-state index is 0.0557. The Morgan fingerprint density at radius 3 is 2.77 bits per heavy atom. The van der Waals surface area contributed by atoms with Crippen molar-refractivity contribution in [1.82, 2.24) is 24.4 Å². The Hall–Kier alpha value is -3.39. The first-order valence-corrected chi connectivity index (χ1v) is 10.6. The lowest BCUT2D eigenvalue weighted by Gasteiger charge is -2.32. The maximum atomic E-state index is 13.0. The maximum Gasteiger partial charge on any atom is 0.261 e. The van der Waals surface area contributed by atoms with Crippen LogP contribution in [0.1, 0.15) is 5.56 Å². The Labute approximate surface area is 180 Å². The second-order valence-electron chi connectivity index (χ2n) is 8.05. The number of H-pyrrole nitrogens is 1. The lowest BCUT2D eigenvalue weighted by molar-refractivity contribution is 0.311. The molecule has 160 valence electrons. The van der Waals surface area contributed by atoms with Crippen LogP contribution in [0.2, 0.25) is 0 Å². The number of piperazine rings is 1. The van der Waals surface area contributed by atoms with Gasteiger partial charge in [-0.3, -0.25) is 4.79 Å². The molecule has 1 N–H and O–H groups in total. The van der Waals surface area contributed by atoms with Crippen LogP contribution in [0.5, 0.6) is 5.75 Å². The highest BCUT2D eigenvalue weighted by atomic mass is 16.5. The molecule has 0 atom stereocenters. The summed E-state index contributed by atoms with van der Waals surface area (Å²) in [6.07, 6.45) is 6.24. The molecule has 0 bridgehead atoms. The minimum atomic E-state index is -0.0557. The van der Waals surface area contributed by atoms with Gasteiger partial charge in [-0.05, 0) is 43.3 Å². The summed E-state index contributed by atoms with van der Waals surface area (Å²) in [4.78, 5) is 29.9. The van der Waals surface area contributed by atoms with E-state index in [1.165, 1.54) is 0 Å². The molecule has 1 aliphatic rings. The van der Waals surface area contributed by atoms with Gasteiger partial charge in [0.25, 0.3) is 5.56 Å². The van der Waals surface area contributed by atoms with Crippen LogP contribution in [0, 0.1) is 0 Å². The van der Waals surface area contributed by atoms with Crippen molar-refractivity contribution in [2.45, 2.75) is 13.0 Å². The van der Waals surface area contributed by atoms with Gasteiger partial charge in [-0.15, -0.1) is 0 Å². The molecular weight excluding hydrogens is 392 g/mol. The Bertz CT molecular complexity index is 1290. The van der Waals surface area contributed by atoms with Crippen LogP contribution in [0.15, 0.2) is 47.7 Å². The van der Waals surface area contributed by atoms with Gasteiger partial charge in [0.15, 0.2) is 0 Å². The predicted octanol–water partition coefficient (Wildman–Crippen LogP) is 2.28. The number of anilines is 1. The summed E-state index contributed by atoms with van der Waals surface area (Å²) in [7, 11) is 3.78. The van der Waals surface area contributed by atoms with Crippen molar-refractivity contribution in [1.29, 1.82) is 0 Å². The predicted molar refractivity (Wildman–Crippen MR) is 122 cm³/mol. The first-order chi connectivity index (χ1) is 15.1. The van der Waals surface area contributed by atoms with Crippen LogP contribution in [-0.4, -0.2) is 64.8 Å². The number of benzene rings is 1. The first-order valence-electron chi connectivity index (χ1n) is 10.6. The van der Waals surface area contributed by atoms with Crippen LogP contribution >= 0.6 is 0 Å². The summed E-state index contributed by atoms with van der Waals surface area (Å²) in [5.41, 5.74) is 2.86. The highest BCUT2D eigenvalue weighted by Gasteiger charge is 2.17. The molecule has 5 rings (SSSR count). The molecule has 0 saturated carbocycles. The number of fused-ring (bicyclic) bond motifs is 2. The lowest BCUT2D eigenvalue weighted by atomic mass is 10.1. The van der Waals surface area contributed by atoms with Gasteiger partial charge >= 0.3 is 0 Å². The zero-order valence-electron chi connectivity index (χ0n) is 17.8. The van der Waals surface area contributed by atoms with E-state index in [4.69, 9.17) is 4.74 Å². The Morgan fingerprint density at radius 2 is 1.97 bits per heavy atom. The molecule has 4 aromatic rings. The third-order valence-electron chi connectivity index (χ3n) is 6.09. The van der Waals surface area contributed by atoms with Crippen LogP contribution in [-0.2, 0) is 13.0 Å². The smallest absolute Gasteiger partial charge is 0.261 e. The van der Waals surface area contributed by atoms with Crippen molar-refractivity contribution < 1.29 is 4.74 Å². The van der Waals surface area contributed by atoms with Gasteiger partial charge in [0, 0.05) is 62.2 Å². The molecule has 0 amide bonds. The van der Waals surface area contributed by atoms with Gasteiger partial charge in [0.1, 0.15) is 5.75 Å². The van der Waals surface area contributed by atoms with E-state index in [1.54, 1.807) is 17.9 Å². The zero-order valence-corrected chi connectivity index (χ0v) is 17.8. The van der Waals surface area contributed by atoms with Crippen LogP contribution in [0.3, 0.4) is 0 Å². The van der Waals surface area contributed by atoms with Crippen molar-refractivity contribution in [2.75, 3.05) is 45.2 Å². The Balaban J connectivity index is 1.38. The molecule has 8 heteroatoms. The minimum Gasteiger partial charge on any atom is -0.497 e. The number of aromatic nitrogens is 4. The van der Waals surface area contributed by atoms with E-state index in [-0.39, 0.29) is 5.56 Å². The van der Waals surface area contributed by atoms with Gasteiger partial charge in [0.2, 0.25) is 5.95 Å². The van der Waals surface area contributed by atoms with Crippen LogP contribution in [0.4, 0.5) is 5.95 Å². The first kappa shape index (κ1) is 19.6. The average Bonchev–Trinajstić information content (AvgIpc) is 3.21. The van der Waals surface area contributed by atoms with Gasteiger partial charge in [-0.25, -0.2) is 9.97 Å². The van der Waals surface area contributed by atoms with E-state index < -0.39 is 0 Å². The molecule has 1 saturated heterocycles. The van der Waals surface area contributed by atoms with E-state index in [0.29, 0.717) is 23.4 Å². The number of hydrogen-bond donors (Lipinski definition) is 1. The van der Waals surface area contributed by atoms with Gasteiger partial charge in [-0.2, -0.15) is 0 Å². The summed E-state index contributed by atoms with van der Waals surface area (Å²) in [6, 6.07) is 7.89. The molecule has 1 aromatic carbocycles. The number of rotatable bonds is 5. The van der Waals surface area contributed by atoms with Crippen LogP contribution in [0.25, 0.3) is 21.8 Å². The number of hydrogen-bond acceptors (Lipinski definition) is 6. The lowest BCUT2D eigenvalue weighted by Crippen LogP contribution is -2.45. The molecule has 1 fully saturated rings. The number of aryl methyl sites for hydroxylation is 2. The van der Waals surface area contributed by atoms with Crippen molar-refractivity contribution in [3.05, 3.63) is 58.8 Å². The molecular formula is C23H26N6O2. The average molecular weight is 419 g/mol. The van der Waals surface area contributed by atoms with E-state index >= 15 is 0 Å². The van der Waals surface area contributed by atoms with Crippen molar-refractivity contribution in [3.8, 4) is 5.75 Å². The fourth-order valence-electron chi connectivity index (χ4n) is 4.13. The third-order valence-corrected chi connectivity index (χ3v) is 6.09. The Morgan fingerprint density at radius 1 is 1.13 bits per heavy atom. The molecule has 0 aliphatic carbocycles. The van der Waals surface area contributed by atoms with Crippen LogP contribution < -0.4 is 15.2 Å². The van der Waals surface area contributed by atoms with E-state index in [2.05, 4.69) is 31.8 Å². The monoisotopic (exact) mass is 418 g/mol. The maximum absolute atomic E-state index is 13.0. The number of likely N-dealkylation sites (N-methyl/N-ethyl adjacent to an activating group) is 1. The number of nitrogens with one attached hydrogen (secondary N) is 1. The SMILES string of the molecule is COc1ccc2[nH]cc(CCn3ccc4nc(N5CCN(C)CC5)ncc4c3=O)c2c1. The fourth-order valence-corrected chi connectivity index (χ4v) is 4.13. The molecule has 0 spiro atoms. The van der Waals surface area contributed by atoms with E-state index in [1.807, 2.05) is 36.7 Å². The summed E-state index contributed by atoms with van der Waals surface area (Å²) >= 11 is 0. The molecule has 4 heterocycles. The number of methoxy groups -OCH3 is 1. The van der Waals surface area contributed by atoms with E-state index in [0.717, 1.165) is 54.8 Å². The fraction of sp³-hybridized carbons (Fsp3) is 0.348. The summed E-state index contributed by atoms with van der Waals surface area (Å²) in [6.45, 7) is 4.35. The second kappa shape index (κ2) is 8.03. The van der Waals surface area contributed by atoms with E-state index in [9.17, 15) is 4.79 Å². The number of aromatic amines is 1. The topological polar surface area (TPSA) is 79.3 Å². The highest BCUT2D eigenvalue weighted by Crippen LogP contribution is 2.24. The number of ether oxygens (including phenoxy) is 1. The summed E-state index contributed by atoms with van der Waals surface area (Å²) in [5.74, 6) is 1.52. The molecule has 1 aliphatic heterocycles. The third kappa shape index (κ3) is 3.74. The highest BCUT2D eigenvalue weighted by molar-refractivity contribution is 5.84. The molecule has 0 unspecified atom stereocenters. The largest absolute Gasteiger partial charge is 0.497 e. The van der Waals surface area contributed by atoms with Crippen molar-refractivity contribution in [3.63, 3.8) is 0 Å². The van der Waals surface area contributed by atoms with Crippen molar-refractivity contribution >= 4 is 27.8 Å². The molecule has 0 radical (unpaired) electrons. The van der Waals surface area contributed by atoms with Gasteiger partial charge < -0.3 is 24.1 Å². The van der Waals surface area contributed by atoms with Gasteiger partial charge in [0.05, 0.1) is 18.0 Å². The second-order valence-corrected chi connectivity index (χ2v) is 8.05. The quantitative estimate of drug-likeness (QED) is 0.536. The van der Waals surface area contributed by atoms with Gasteiger partial charge in [-0.1, -0.05) is 0 Å². The Kier molecular flexibility index (Phi) is 5.07. The summed E-state index contributed by atoms with van der Waals surface area (Å²) in [5, 5.41) is 1.68. The molecule has 31 heavy (non-hydrogen) atoms. The molecule has 8 nitrogen and oxygen atoms in total. The standard InChI is InChI=1S/C23H26N6O2/c1-27-9-11-29(12-10-27)23-25-15-19-21(26-23)6-8-28(22(19)30)7-5-16-14-24-20-4-3-17(31-2)13-18(16)20/h3-4,6,8,13-15,24H,5,7,9-12H2,1-2H3. The summed E-state index contributed by atoms with van der Waals surface area (Å²) < 4.78 is 7.08. The number of pyridine rings is 1.